The van der Waals surface area contributed by atoms with E-state index < -0.39 is 0 Å². The van der Waals surface area contributed by atoms with Crippen molar-refractivity contribution in [2.75, 3.05) is 0 Å². The average Bonchev–Trinajstić information content (AvgIpc) is 2.03. The molecule has 1 aromatic rings. The van der Waals surface area contributed by atoms with Gasteiger partial charge in [-0.25, -0.2) is 4.39 Å². The van der Waals surface area contributed by atoms with Gasteiger partial charge in [0.05, 0.1) is 5.83 Å². The molecule has 0 unspecified atom stereocenters. The second-order valence-corrected chi connectivity index (χ2v) is 2.50. The minimum Gasteiger partial charge on any atom is -0.212 e. The Balaban J connectivity index is 2.45. The first kappa shape index (κ1) is 7.99. The Morgan fingerprint density at radius 3 is 2.45 bits per heavy atom. The second-order valence-electron chi connectivity index (χ2n) is 2.50. The lowest BCUT2D eigenvalue weighted by Gasteiger charge is -1.96. The van der Waals surface area contributed by atoms with Gasteiger partial charge in [-0.05, 0) is 12.0 Å². The molecule has 0 aliphatic heterocycles. The molecule has 0 fully saturated rings. The van der Waals surface area contributed by atoms with Crippen LogP contribution in [0.1, 0.15) is 12.0 Å². The number of halogens is 1. The SMILES string of the molecule is C=C(F)CCc1ccccc1. The molecule has 1 rings (SSSR count). The Morgan fingerprint density at radius 1 is 1.27 bits per heavy atom. The zero-order valence-corrected chi connectivity index (χ0v) is 6.39. The highest BCUT2D eigenvalue weighted by Gasteiger charge is 1.92. The molecular formula is C10H11F. The summed E-state index contributed by atoms with van der Waals surface area (Å²) in [6, 6.07) is 9.84. The number of allylic oxidation sites excluding steroid dienone is 1. The fraction of sp³-hybridized carbons (Fsp3) is 0.200. The lowest BCUT2D eigenvalue weighted by molar-refractivity contribution is 0.593. The summed E-state index contributed by atoms with van der Waals surface area (Å²) >= 11 is 0. The largest absolute Gasteiger partial charge is 0.212 e. The van der Waals surface area contributed by atoms with Gasteiger partial charge in [0.2, 0.25) is 0 Å². The lowest BCUT2D eigenvalue weighted by Crippen LogP contribution is -1.83. The fourth-order valence-electron chi connectivity index (χ4n) is 0.925. The van der Waals surface area contributed by atoms with Crippen LogP contribution in [0.2, 0.25) is 0 Å². The Labute approximate surface area is 66.4 Å². The summed E-state index contributed by atoms with van der Waals surface area (Å²) in [7, 11) is 0. The van der Waals surface area contributed by atoms with Gasteiger partial charge >= 0.3 is 0 Å². The number of hydrogen-bond acceptors (Lipinski definition) is 0. The van der Waals surface area contributed by atoms with Gasteiger partial charge in [-0.2, -0.15) is 0 Å². The third kappa shape index (κ3) is 2.99. The van der Waals surface area contributed by atoms with Crippen molar-refractivity contribution in [3.05, 3.63) is 48.3 Å². The highest BCUT2D eigenvalue weighted by atomic mass is 19.1. The molecule has 0 atom stereocenters. The summed E-state index contributed by atoms with van der Waals surface area (Å²) in [6.45, 7) is 3.20. The highest BCUT2D eigenvalue weighted by molar-refractivity contribution is 5.15. The van der Waals surface area contributed by atoms with Crippen molar-refractivity contribution < 1.29 is 4.39 Å². The van der Waals surface area contributed by atoms with Gasteiger partial charge in [-0.3, -0.25) is 0 Å². The van der Waals surface area contributed by atoms with Gasteiger partial charge in [0.1, 0.15) is 0 Å². The molecule has 58 valence electrons. The molecule has 0 heterocycles. The lowest BCUT2D eigenvalue weighted by atomic mass is 10.1. The number of benzene rings is 1. The maximum Gasteiger partial charge on any atom is 0.0931 e. The van der Waals surface area contributed by atoms with Crippen molar-refractivity contribution in [3.63, 3.8) is 0 Å². The third-order valence-corrected chi connectivity index (χ3v) is 1.53. The van der Waals surface area contributed by atoms with E-state index in [1.807, 2.05) is 30.3 Å². The van der Waals surface area contributed by atoms with E-state index in [1.165, 1.54) is 0 Å². The molecule has 0 aliphatic carbocycles. The van der Waals surface area contributed by atoms with E-state index in [0.29, 0.717) is 6.42 Å². The van der Waals surface area contributed by atoms with Crippen LogP contribution < -0.4 is 0 Å². The van der Waals surface area contributed by atoms with Gasteiger partial charge in [-0.1, -0.05) is 36.9 Å². The number of aryl methyl sites for hydroxylation is 1. The van der Waals surface area contributed by atoms with Crippen LogP contribution in [0.5, 0.6) is 0 Å². The van der Waals surface area contributed by atoms with Gasteiger partial charge in [0, 0.05) is 6.42 Å². The predicted octanol–water partition coefficient (Wildman–Crippen LogP) is 3.10. The summed E-state index contributed by atoms with van der Waals surface area (Å²) < 4.78 is 12.2. The van der Waals surface area contributed by atoms with Crippen LogP contribution in [0.15, 0.2) is 42.7 Å². The molecule has 0 saturated carbocycles. The molecule has 0 spiro atoms. The number of hydrogen-bond donors (Lipinski definition) is 0. The molecule has 1 aromatic carbocycles. The fourth-order valence-corrected chi connectivity index (χ4v) is 0.925. The van der Waals surface area contributed by atoms with E-state index in [0.717, 1.165) is 12.0 Å². The van der Waals surface area contributed by atoms with Gasteiger partial charge in [0.25, 0.3) is 0 Å². The Hall–Kier alpha value is -1.11. The van der Waals surface area contributed by atoms with Crippen molar-refractivity contribution in [3.8, 4) is 0 Å². The smallest absolute Gasteiger partial charge is 0.0931 e. The van der Waals surface area contributed by atoms with Crippen molar-refractivity contribution in [1.82, 2.24) is 0 Å². The summed E-state index contributed by atoms with van der Waals surface area (Å²) in [5.41, 5.74) is 1.16. The first-order valence-electron chi connectivity index (χ1n) is 3.66. The quantitative estimate of drug-likeness (QED) is 0.621. The van der Waals surface area contributed by atoms with Gasteiger partial charge in [0.15, 0.2) is 0 Å². The van der Waals surface area contributed by atoms with Crippen LogP contribution in [0.3, 0.4) is 0 Å². The van der Waals surface area contributed by atoms with E-state index in [-0.39, 0.29) is 5.83 Å². The van der Waals surface area contributed by atoms with Crippen LogP contribution in [0.25, 0.3) is 0 Å². The van der Waals surface area contributed by atoms with Crippen molar-refractivity contribution in [1.29, 1.82) is 0 Å². The van der Waals surface area contributed by atoms with E-state index in [4.69, 9.17) is 0 Å². The van der Waals surface area contributed by atoms with Gasteiger partial charge < -0.3 is 0 Å². The normalized spacial score (nSPS) is 9.55. The molecule has 0 N–H and O–H groups in total. The van der Waals surface area contributed by atoms with E-state index in [2.05, 4.69) is 6.58 Å². The van der Waals surface area contributed by atoms with Crippen LogP contribution in [-0.2, 0) is 6.42 Å². The van der Waals surface area contributed by atoms with Crippen LogP contribution >= 0.6 is 0 Å². The molecule has 0 nitrogen and oxygen atoms in total. The third-order valence-electron chi connectivity index (χ3n) is 1.53. The average molecular weight is 150 g/mol. The zero-order valence-electron chi connectivity index (χ0n) is 6.39. The molecule has 11 heavy (non-hydrogen) atoms. The molecule has 0 amide bonds. The standard InChI is InChI=1S/C10H11F/c1-9(11)7-8-10-5-3-2-4-6-10/h2-6H,1,7-8H2. The van der Waals surface area contributed by atoms with Crippen LogP contribution in [0.4, 0.5) is 4.39 Å². The minimum absolute atomic E-state index is 0.242. The van der Waals surface area contributed by atoms with E-state index >= 15 is 0 Å². The van der Waals surface area contributed by atoms with Gasteiger partial charge in [-0.15, -0.1) is 0 Å². The summed E-state index contributed by atoms with van der Waals surface area (Å²) in [4.78, 5) is 0. The van der Waals surface area contributed by atoms with Crippen molar-refractivity contribution in [2.45, 2.75) is 12.8 Å². The summed E-state index contributed by atoms with van der Waals surface area (Å²) in [5, 5.41) is 0. The molecule has 0 saturated heterocycles. The van der Waals surface area contributed by atoms with Crippen molar-refractivity contribution >= 4 is 0 Å². The molecular weight excluding hydrogens is 139 g/mol. The maximum atomic E-state index is 12.2. The zero-order chi connectivity index (χ0) is 8.10. The highest BCUT2D eigenvalue weighted by Crippen LogP contribution is 2.07. The molecule has 0 aromatic heterocycles. The first-order chi connectivity index (χ1) is 5.29. The van der Waals surface area contributed by atoms with Crippen molar-refractivity contribution in [2.24, 2.45) is 0 Å². The number of rotatable bonds is 3. The maximum absolute atomic E-state index is 12.2. The topological polar surface area (TPSA) is 0 Å². The molecule has 0 bridgehead atoms. The van der Waals surface area contributed by atoms with E-state index in [9.17, 15) is 4.39 Å². The predicted molar refractivity (Wildman–Crippen MR) is 45.0 cm³/mol. The van der Waals surface area contributed by atoms with E-state index in [1.54, 1.807) is 0 Å². The summed E-state index contributed by atoms with van der Waals surface area (Å²) in [6.07, 6.45) is 1.18. The molecule has 1 heteroatoms. The second kappa shape index (κ2) is 3.91. The minimum atomic E-state index is -0.242. The Morgan fingerprint density at radius 2 is 1.91 bits per heavy atom. The molecule has 0 radical (unpaired) electrons. The monoisotopic (exact) mass is 150 g/mol. The summed E-state index contributed by atoms with van der Waals surface area (Å²) in [5.74, 6) is -0.242. The molecule has 0 aliphatic rings. The first-order valence-corrected chi connectivity index (χ1v) is 3.66. The van der Waals surface area contributed by atoms with Crippen LogP contribution in [0, 0.1) is 0 Å². The Bertz CT molecular complexity index is 226. The van der Waals surface area contributed by atoms with Crippen LogP contribution in [-0.4, -0.2) is 0 Å². The Kier molecular flexibility index (Phi) is 2.84.